The van der Waals surface area contributed by atoms with Gasteiger partial charge in [-0.15, -0.1) is 0 Å². The Morgan fingerprint density at radius 1 is 1.04 bits per heavy atom. The molecule has 0 aliphatic carbocycles. The van der Waals surface area contributed by atoms with Crippen molar-refractivity contribution in [2.75, 3.05) is 5.32 Å². The summed E-state index contributed by atoms with van der Waals surface area (Å²) in [6.07, 6.45) is 1.61. The van der Waals surface area contributed by atoms with E-state index in [0.29, 0.717) is 17.3 Å². The van der Waals surface area contributed by atoms with Gasteiger partial charge in [0.05, 0.1) is 0 Å². The van der Waals surface area contributed by atoms with Crippen molar-refractivity contribution >= 4 is 28.9 Å². The minimum absolute atomic E-state index is 0.243. The Kier molecular flexibility index (Phi) is 5.31. The molecule has 3 rings (SSSR count). The number of carbonyl (C=O) groups excluding carboxylic acids is 1. The highest BCUT2D eigenvalue weighted by Gasteiger charge is 2.09. The van der Waals surface area contributed by atoms with Crippen LogP contribution in [-0.4, -0.2) is 10.9 Å². The van der Waals surface area contributed by atoms with E-state index in [9.17, 15) is 4.79 Å². The third kappa shape index (κ3) is 4.58. The Labute approximate surface area is 151 Å². The summed E-state index contributed by atoms with van der Waals surface area (Å²) in [5.41, 5.74) is 4.18. The summed E-state index contributed by atoms with van der Waals surface area (Å²) < 4.78 is 0. The molecule has 2 N–H and O–H groups in total. The summed E-state index contributed by atoms with van der Waals surface area (Å²) in [5.74, 6) is -0.243. The van der Waals surface area contributed by atoms with Gasteiger partial charge in [0, 0.05) is 29.1 Å². The molecule has 0 unspecified atom stereocenters. The molecule has 0 aliphatic heterocycles. The van der Waals surface area contributed by atoms with E-state index in [1.807, 2.05) is 55.5 Å². The number of benzene rings is 2. The molecular weight excluding hydrogens is 334 g/mol. The molecule has 5 heteroatoms. The molecule has 126 valence electrons. The summed E-state index contributed by atoms with van der Waals surface area (Å²) in [6, 6.07) is 19.0. The zero-order chi connectivity index (χ0) is 17.6. The zero-order valence-electron chi connectivity index (χ0n) is 13.8. The fraction of sp³-hybridized carbons (Fsp3) is 0.100. The van der Waals surface area contributed by atoms with Crippen LogP contribution in [0.15, 0.2) is 66.9 Å². The van der Waals surface area contributed by atoms with Gasteiger partial charge in [0.15, 0.2) is 0 Å². The number of hydrogen-bond donors (Lipinski definition) is 2. The Hall–Kier alpha value is -2.85. The first-order valence-electron chi connectivity index (χ1n) is 7.93. The van der Waals surface area contributed by atoms with Gasteiger partial charge in [0.2, 0.25) is 0 Å². The molecule has 0 saturated heterocycles. The van der Waals surface area contributed by atoms with Crippen LogP contribution in [0.1, 0.15) is 21.6 Å². The molecule has 1 aromatic heterocycles. The van der Waals surface area contributed by atoms with E-state index >= 15 is 0 Å². The van der Waals surface area contributed by atoms with Gasteiger partial charge in [-0.2, -0.15) is 0 Å². The number of aromatic nitrogens is 1. The predicted octanol–water partition coefficient (Wildman–Crippen LogP) is 4.72. The van der Waals surface area contributed by atoms with Crippen molar-refractivity contribution in [2.45, 2.75) is 13.5 Å². The number of pyridine rings is 1. The summed E-state index contributed by atoms with van der Waals surface area (Å²) in [4.78, 5) is 16.5. The predicted molar refractivity (Wildman–Crippen MR) is 101 cm³/mol. The largest absolute Gasteiger partial charge is 0.355 e. The number of aryl methyl sites for hydroxylation is 1. The molecule has 0 saturated carbocycles. The van der Waals surface area contributed by atoms with Crippen LogP contribution in [0, 0.1) is 6.92 Å². The molecule has 0 atom stereocenters. The molecular formula is C20H18ClN3O. The van der Waals surface area contributed by atoms with Crippen LogP contribution in [0.2, 0.25) is 5.02 Å². The Morgan fingerprint density at radius 3 is 2.56 bits per heavy atom. The summed E-state index contributed by atoms with van der Waals surface area (Å²) in [5, 5.41) is 6.74. The Morgan fingerprint density at radius 2 is 1.80 bits per heavy atom. The standard InChI is InChI=1S/C20H18ClN3O/c1-14-6-8-16(9-7-14)24-17-10-11-22-19(12-17)20(25)23-13-15-4-2-3-5-18(15)21/h2-12H,13H2,1H3,(H,22,24)(H,23,25). The number of hydrogen-bond acceptors (Lipinski definition) is 3. The van der Waals surface area contributed by atoms with Crippen LogP contribution in [0.25, 0.3) is 0 Å². The maximum absolute atomic E-state index is 12.3. The van der Waals surface area contributed by atoms with Crippen LogP contribution >= 0.6 is 11.6 Å². The summed E-state index contributed by atoms with van der Waals surface area (Å²) in [7, 11) is 0. The molecule has 1 amide bonds. The van der Waals surface area contributed by atoms with E-state index < -0.39 is 0 Å². The highest BCUT2D eigenvalue weighted by molar-refractivity contribution is 6.31. The van der Waals surface area contributed by atoms with E-state index in [0.717, 1.165) is 16.9 Å². The second kappa shape index (κ2) is 7.81. The van der Waals surface area contributed by atoms with E-state index in [1.54, 1.807) is 18.3 Å². The highest BCUT2D eigenvalue weighted by Crippen LogP contribution is 2.18. The normalized spacial score (nSPS) is 10.3. The SMILES string of the molecule is Cc1ccc(Nc2ccnc(C(=O)NCc3ccccc3Cl)c2)cc1. The van der Waals surface area contributed by atoms with Gasteiger partial charge in [-0.05, 0) is 42.8 Å². The summed E-state index contributed by atoms with van der Waals surface area (Å²) in [6.45, 7) is 2.40. The van der Waals surface area contributed by atoms with E-state index in [1.165, 1.54) is 5.56 Å². The number of nitrogens with one attached hydrogen (secondary N) is 2. The smallest absolute Gasteiger partial charge is 0.270 e. The number of carbonyl (C=O) groups is 1. The average Bonchev–Trinajstić information content (AvgIpc) is 2.63. The fourth-order valence-electron chi connectivity index (χ4n) is 2.34. The lowest BCUT2D eigenvalue weighted by atomic mass is 10.2. The van der Waals surface area contributed by atoms with Gasteiger partial charge >= 0.3 is 0 Å². The molecule has 4 nitrogen and oxygen atoms in total. The number of halogens is 1. The third-order valence-corrected chi connectivity index (χ3v) is 4.10. The quantitative estimate of drug-likeness (QED) is 0.699. The van der Waals surface area contributed by atoms with Crippen LogP contribution in [0.3, 0.4) is 0 Å². The Balaban J connectivity index is 1.67. The van der Waals surface area contributed by atoms with Crippen molar-refractivity contribution in [2.24, 2.45) is 0 Å². The highest BCUT2D eigenvalue weighted by atomic mass is 35.5. The second-order valence-corrected chi connectivity index (χ2v) is 6.10. The van der Waals surface area contributed by atoms with Crippen LogP contribution in [0.4, 0.5) is 11.4 Å². The first kappa shape index (κ1) is 17.0. The first-order valence-corrected chi connectivity index (χ1v) is 8.31. The van der Waals surface area contributed by atoms with E-state index in [4.69, 9.17) is 11.6 Å². The molecule has 0 spiro atoms. The van der Waals surface area contributed by atoms with Crippen LogP contribution in [-0.2, 0) is 6.54 Å². The number of anilines is 2. The first-order chi connectivity index (χ1) is 12.1. The van der Waals surface area contributed by atoms with Gasteiger partial charge < -0.3 is 10.6 Å². The topological polar surface area (TPSA) is 54.0 Å². The number of rotatable bonds is 5. The molecule has 0 aliphatic rings. The minimum atomic E-state index is -0.243. The van der Waals surface area contributed by atoms with Crippen molar-refractivity contribution in [3.8, 4) is 0 Å². The van der Waals surface area contributed by atoms with Crippen molar-refractivity contribution in [3.05, 3.63) is 88.7 Å². The molecule has 3 aromatic rings. The molecule has 2 aromatic carbocycles. The lowest BCUT2D eigenvalue weighted by Gasteiger charge is -2.09. The van der Waals surface area contributed by atoms with Crippen LogP contribution < -0.4 is 10.6 Å². The van der Waals surface area contributed by atoms with Crippen LogP contribution in [0.5, 0.6) is 0 Å². The maximum atomic E-state index is 12.3. The van der Waals surface area contributed by atoms with Crippen molar-refractivity contribution < 1.29 is 4.79 Å². The maximum Gasteiger partial charge on any atom is 0.270 e. The number of amides is 1. The van der Waals surface area contributed by atoms with Crippen molar-refractivity contribution in [1.29, 1.82) is 0 Å². The molecule has 0 fully saturated rings. The van der Waals surface area contributed by atoms with Gasteiger partial charge in [-0.1, -0.05) is 47.5 Å². The van der Waals surface area contributed by atoms with Crippen molar-refractivity contribution in [1.82, 2.24) is 10.3 Å². The fourth-order valence-corrected chi connectivity index (χ4v) is 2.55. The Bertz CT molecular complexity index is 878. The number of nitrogens with zero attached hydrogens (tertiary/aromatic N) is 1. The molecule has 0 bridgehead atoms. The van der Waals surface area contributed by atoms with E-state index in [2.05, 4.69) is 15.6 Å². The molecule has 0 radical (unpaired) electrons. The molecule has 1 heterocycles. The monoisotopic (exact) mass is 351 g/mol. The third-order valence-electron chi connectivity index (χ3n) is 3.73. The van der Waals surface area contributed by atoms with Crippen molar-refractivity contribution in [3.63, 3.8) is 0 Å². The van der Waals surface area contributed by atoms with Gasteiger partial charge in [-0.25, -0.2) is 0 Å². The zero-order valence-corrected chi connectivity index (χ0v) is 14.5. The molecule has 25 heavy (non-hydrogen) atoms. The lowest BCUT2D eigenvalue weighted by Crippen LogP contribution is -2.24. The summed E-state index contributed by atoms with van der Waals surface area (Å²) >= 11 is 6.10. The van der Waals surface area contributed by atoms with Gasteiger partial charge in [0.1, 0.15) is 5.69 Å². The van der Waals surface area contributed by atoms with Gasteiger partial charge in [-0.3, -0.25) is 9.78 Å². The second-order valence-electron chi connectivity index (χ2n) is 5.69. The lowest BCUT2D eigenvalue weighted by molar-refractivity contribution is 0.0946. The minimum Gasteiger partial charge on any atom is -0.355 e. The van der Waals surface area contributed by atoms with E-state index in [-0.39, 0.29) is 5.91 Å². The van der Waals surface area contributed by atoms with Gasteiger partial charge in [0.25, 0.3) is 5.91 Å². The average molecular weight is 352 g/mol.